The van der Waals surface area contributed by atoms with Crippen LogP contribution in [0, 0.1) is 4.77 Å². The van der Waals surface area contributed by atoms with Crippen molar-refractivity contribution >= 4 is 12.2 Å². The summed E-state index contributed by atoms with van der Waals surface area (Å²) in [5, 5.41) is 12.5. The third-order valence-electron chi connectivity index (χ3n) is 4.44. The largest absolute Gasteiger partial charge is 0.494 e. The molecule has 0 saturated heterocycles. The van der Waals surface area contributed by atoms with Gasteiger partial charge in [-0.05, 0) is 29.9 Å². The van der Waals surface area contributed by atoms with Crippen LogP contribution in [0.3, 0.4) is 0 Å². The van der Waals surface area contributed by atoms with Crippen molar-refractivity contribution in [3.05, 3.63) is 43.9 Å². The summed E-state index contributed by atoms with van der Waals surface area (Å²) in [6.45, 7) is 0.797. The highest BCUT2D eigenvalue weighted by atomic mass is 32.1. The van der Waals surface area contributed by atoms with Gasteiger partial charge in [0.2, 0.25) is 5.88 Å². The lowest BCUT2D eigenvalue weighted by Gasteiger charge is -2.25. The van der Waals surface area contributed by atoms with E-state index >= 15 is 0 Å². The molecule has 2 aromatic rings. The fourth-order valence-electron chi connectivity index (χ4n) is 3.16. The molecule has 0 bridgehead atoms. The first-order valence-electron chi connectivity index (χ1n) is 7.58. The van der Waals surface area contributed by atoms with Gasteiger partial charge in [-0.25, -0.2) is 0 Å². The van der Waals surface area contributed by atoms with E-state index in [1.54, 1.807) is 21.3 Å². The molecule has 0 spiro atoms. The number of aromatic nitrogens is 2. The molecule has 0 unspecified atom stereocenters. The molecule has 0 amide bonds. The van der Waals surface area contributed by atoms with Crippen LogP contribution < -0.4 is 20.3 Å². The lowest BCUT2D eigenvalue weighted by atomic mass is 9.90. The number of nitrogens with two attached hydrogens (primary N) is 1. The number of quaternary nitrogens is 1. The number of hydrogen-bond donors (Lipinski definition) is 3. The summed E-state index contributed by atoms with van der Waals surface area (Å²) in [7, 11) is 4.78. The number of rotatable bonds is 3. The minimum atomic E-state index is -0.375. The van der Waals surface area contributed by atoms with Crippen LogP contribution in [0.15, 0.2) is 16.9 Å². The molecule has 1 aromatic carbocycles. The van der Waals surface area contributed by atoms with E-state index in [-0.39, 0.29) is 22.3 Å². The minimum Gasteiger partial charge on any atom is -0.494 e. The Balaban J connectivity index is 2.23. The van der Waals surface area contributed by atoms with Crippen molar-refractivity contribution in [1.82, 2.24) is 9.55 Å². The molecule has 1 atom stereocenters. The van der Waals surface area contributed by atoms with Crippen molar-refractivity contribution in [1.29, 1.82) is 0 Å². The second-order valence-corrected chi connectivity index (χ2v) is 6.10. The molecule has 2 heterocycles. The van der Waals surface area contributed by atoms with Crippen LogP contribution in [-0.4, -0.2) is 35.4 Å². The molecule has 4 N–H and O–H groups in total. The second-order valence-electron chi connectivity index (χ2n) is 5.71. The number of benzene rings is 1. The van der Waals surface area contributed by atoms with Gasteiger partial charge in [0.25, 0.3) is 5.56 Å². The van der Waals surface area contributed by atoms with Crippen molar-refractivity contribution in [3.8, 4) is 17.4 Å². The SMILES string of the molecule is COc1cc2c(cc1OC)[C@H](c1c(O)n(C)c(=S)[nH]c1=O)[NH2+]CC2. The van der Waals surface area contributed by atoms with Crippen LogP contribution >= 0.6 is 12.2 Å². The fraction of sp³-hybridized carbons (Fsp3) is 0.375. The van der Waals surface area contributed by atoms with E-state index in [4.69, 9.17) is 21.7 Å². The third kappa shape index (κ3) is 2.57. The summed E-state index contributed by atoms with van der Waals surface area (Å²) in [6.07, 6.45) is 0.843. The molecule has 0 fully saturated rings. The summed E-state index contributed by atoms with van der Waals surface area (Å²) in [5.74, 6) is 1.13. The van der Waals surface area contributed by atoms with Crippen molar-refractivity contribution in [2.75, 3.05) is 20.8 Å². The third-order valence-corrected chi connectivity index (χ3v) is 4.81. The van der Waals surface area contributed by atoms with Gasteiger partial charge in [0.1, 0.15) is 11.6 Å². The molecule has 1 aliphatic rings. The highest BCUT2D eigenvalue weighted by molar-refractivity contribution is 7.71. The summed E-state index contributed by atoms with van der Waals surface area (Å²) < 4.78 is 12.3. The predicted octanol–water partition coefficient (Wildman–Crippen LogP) is 0.375. The quantitative estimate of drug-likeness (QED) is 0.696. The standard InChI is InChI=1S/C16H19N3O4S/c1-19-15(21)12(14(20)18-16(19)24)13-9-7-11(23-3)10(22-2)6-8(9)4-5-17-13/h6-7,13,17,21H,4-5H2,1-3H3,(H,18,20,24)/p+1/t13-/m1/s1. The Morgan fingerprint density at radius 2 is 2.00 bits per heavy atom. The van der Waals surface area contributed by atoms with E-state index in [1.165, 1.54) is 4.57 Å². The number of nitrogens with zero attached hydrogens (tertiary/aromatic N) is 1. The van der Waals surface area contributed by atoms with Crippen LogP contribution in [0.4, 0.5) is 0 Å². The molecule has 8 heteroatoms. The van der Waals surface area contributed by atoms with Gasteiger partial charge in [-0.2, -0.15) is 0 Å². The van der Waals surface area contributed by atoms with Gasteiger partial charge in [0.15, 0.2) is 16.3 Å². The number of methoxy groups -OCH3 is 2. The highest BCUT2D eigenvalue weighted by Crippen LogP contribution is 2.36. The molecule has 0 saturated carbocycles. The zero-order chi connectivity index (χ0) is 17.4. The van der Waals surface area contributed by atoms with E-state index in [9.17, 15) is 9.90 Å². The summed E-state index contributed by atoms with van der Waals surface area (Å²) >= 11 is 5.04. The Labute approximate surface area is 143 Å². The molecule has 128 valence electrons. The van der Waals surface area contributed by atoms with E-state index in [0.717, 1.165) is 24.1 Å². The van der Waals surface area contributed by atoms with Crippen molar-refractivity contribution < 1.29 is 19.9 Å². The molecular formula is C16H20N3O4S+. The first kappa shape index (κ1) is 16.5. The first-order valence-corrected chi connectivity index (χ1v) is 7.99. The van der Waals surface area contributed by atoms with Crippen LogP contribution in [0.2, 0.25) is 0 Å². The number of aromatic amines is 1. The number of nitrogens with one attached hydrogen (secondary N) is 1. The topological polar surface area (TPSA) is 93.1 Å². The lowest BCUT2D eigenvalue weighted by Crippen LogP contribution is -2.87. The Kier molecular flexibility index (Phi) is 4.33. The van der Waals surface area contributed by atoms with Crippen LogP contribution in [0.25, 0.3) is 0 Å². The van der Waals surface area contributed by atoms with E-state index < -0.39 is 0 Å². The second kappa shape index (κ2) is 6.29. The van der Waals surface area contributed by atoms with E-state index in [0.29, 0.717) is 17.1 Å². The van der Waals surface area contributed by atoms with Gasteiger partial charge >= 0.3 is 0 Å². The number of ether oxygens (including phenoxy) is 2. The minimum absolute atomic E-state index is 0.118. The van der Waals surface area contributed by atoms with Gasteiger partial charge in [-0.15, -0.1) is 0 Å². The van der Waals surface area contributed by atoms with E-state index in [1.807, 2.05) is 17.4 Å². The van der Waals surface area contributed by atoms with Crippen LogP contribution in [0.5, 0.6) is 17.4 Å². The van der Waals surface area contributed by atoms with Crippen molar-refractivity contribution in [2.45, 2.75) is 12.5 Å². The van der Waals surface area contributed by atoms with Crippen LogP contribution in [-0.2, 0) is 13.5 Å². The zero-order valence-electron chi connectivity index (χ0n) is 13.8. The fourth-order valence-corrected chi connectivity index (χ4v) is 3.33. The van der Waals surface area contributed by atoms with Crippen LogP contribution in [0.1, 0.15) is 22.7 Å². The molecule has 1 aromatic heterocycles. The maximum Gasteiger partial charge on any atom is 0.265 e. The molecule has 0 radical (unpaired) electrons. The molecule has 3 rings (SSSR count). The smallest absolute Gasteiger partial charge is 0.265 e. The van der Waals surface area contributed by atoms with Gasteiger partial charge < -0.3 is 19.9 Å². The maximum atomic E-state index is 12.4. The van der Waals surface area contributed by atoms with Gasteiger partial charge in [-0.3, -0.25) is 14.3 Å². The maximum absolute atomic E-state index is 12.4. The lowest BCUT2D eigenvalue weighted by molar-refractivity contribution is -0.690. The predicted molar refractivity (Wildman–Crippen MR) is 90.4 cm³/mol. The molecule has 7 nitrogen and oxygen atoms in total. The average molecular weight is 350 g/mol. The zero-order valence-corrected chi connectivity index (χ0v) is 14.6. The average Bonchev–Trinajstić information content (AvgIpc) is 2.58. The molecule has 0 aliphatic carbocycles. The molecule has 24 heavy (non-hydrogen) atoms. The molecule has 1 aliphatic heterocycles. The van der Waals surface area contributed by atoms with Gasteiger partial charge in [-0.1, -0.05) is 0 Å². The Morgan fingerprint density at radius 3 is 2.67 bits per heavy atom. The number of H-pyrrole nitrogens is 1. The highest BCUT2D eigenvalue weighted by Gasteiger charge is 2.32. The van der Waals surface area contributed by atoms with E-state index in [2.05, 4.69) is 4.98 Å². The Bertz CT molecular complexity index is 903. The summed E-state index contributed by atoms with van der Waals surface area (Å²) in [6, 6.07) is 3.47. The normalized spacial score (nSPS) is 16.5. The number of aromatic hydroxyl groups is 1. The Hall–Kier alpha value is -2.32. The van der Waals surface area contributed by atoms with Gasteiger partial charge in [0.05, 0.1) is 20.8 Å². The van der Waals surface area contributed by atoms with Crippen molar-refractivity contribution in [3.63, 3.8) is 0 Å². The Morgan fingerprint density at radius 1 is 1.33 bits per heavy atom. The number of hydrogen-bond acceptors (Lipinski definition) is 5. The summed E-state index contributed by atoms with van der Waals surface area (Å²) in [5.41, 5.74) is 1.92. The number of fused-ring (bicyclic) bond motifs is 1. The van der Waals surface area contributed by atoms with Gasteiger partial charge in [0, 0.05) is 19.0 Å². The monoisotopic (exact) mass is 350 g/mol. The van der Waals surface area contributed by atoms with Crippen molar-refractivity contribution in [2.24, 2.45) is 7.05 Å². The summed E-state index contributed by atoms with van der Waals surface area (Å²) in [4.78, 5) is 15.0. The first-order chi connectivity index (χ1) is 11.5. The molecular weight excluding hydrogens is 330 g/mol.